The van der Waals surface area contributed by atoms with E-state index in [-0.39, 0.29) is 5.41 Å². The van der Waals surface area contributed by atoms with Crippen LogP contribution < -0.4 is 5.32 Å². The van der Waals surface area contributed by atoms with Crippen molar-refractivity contribution in [3.8, 4) is 0 Å². The van der Waals surface area contributed by atoms with Crippen molar-refractivity contribution in [2.45, 2.75) is 52.9 Å². The summed E-state index contributed by atoms with van der Waals surface area (Å²) in [6.07, 6.45) is 2.10. The fraction of sp³-hybridized carbons (Fsp3) is 0.500. The zero-order valence-electron chi connectivity index (χ0n) is 13.4. The Morgan fingerprint density at radius 3 is 2.45 bits per heavy atom. The summed E-state index contributed by atoms with van der Waals surface area (Å²) in [5.74, 6) is 0. The summed E-state index contributed by atoms with van der Waals surface area (Å²) in [5.41, 5.74) is 4.99. The minimum absolute atomic E-state index is 0.166. The molecule has 0 spiro atoms. The number of nitrogens with one attached hydrogen (secondary N) is 1. The van der Waals surface area contributed by atoms with Crippen molar-refractivity contribution in [1.82, 2.24) is 4.98 Å². The Balaban J connectivity index is 2.59. The fourth-order valence-electron chi connectivity index (χ4n) is 2.33. The number of hydrogen-bond donors (Lipinski definition) is 1. The fourth-order valence-corrected chi connectivity index (χ4v) is 2.33. The first-order chi connectivity index (χ1) is 9.45. The average Bonchev–Trinajstić information content (AvgIpc) is 2.42. The van der Waals surface area contributed by atoms with Gasteiger partial charge >= 0.3 is 0 Å². The lowest BCUT2D eigenvalue weighted by Gasteiger charge is -2.20. The first-order valence-corrected chi connectivity index (χ1v) is 7.63. The SMILES string of the molecule is CCCNc1cc(CC)nc2ccc(C(C)(C)C)cc12. The number of benzene rings is 1. The Labute approximate surface area is 122 Å². The molecular formula is C18H26N2. The van der Waals surface area contributed by atoms with E-state index in [2.05, 4.69) is 64.2 Å². The maximum Gasteiger partial charge on any atom is 0.0726 e. The standard InChI is InChI=1S/C18H26N2/c1-6-10-19-17-12-14(7-2)20-16-9-8-13(11-15(16)17)18(3,4)5/h8-9,11-12H,6-7,10H2,1-5H3,(H,19,20). The molecule has 20 heavy (non-hydrogen) atoms. The van der Waals surface area contributed by atoms with E-state index in [0.717, 1.165) is 30.6 Å². The highest BCUT2D eigenvalue weighted by Crippen LogP contribution is 2.30. The maximum atomic E-state index is 4.75. The van der Waals surface area contributed by atoms with Crippen LogP contribution in [-0.2, 0) is 11.8 Å². The molecule has 0 amide bonds. The predicted octanol–water partition coefficient (Wildman–Crippen LogP) is 4.92. The van der Waals surface area contributed by atoms with Crippen molar-refractivity contribution in [3.05, 3.63) is 35.5 Å². The molecule has 2 heteroatoms. The zero-order valence-corrected chi connectivity index (χ0v) is 13.4. The minimum atomic E-state index is 0.166. The van der Waals surface area contributed by atoms with Crippen molar-refractivity contribution in [2.24, 2.45) is 0 Å². The zero-order chi connectivity index (χ0) is 14.8. The number of aromatic nitrogens is 1. The molecule has 0 saturated carbocycles. The molecule has 0 bridgehead atoms. The van der Waals surface area contributed by atoms with Crippen LogP contribution in [-0.4, -0.2) is 11.5 Å². The molecule has 0 saturated heterocycles. The summed E-state index contributed by atoms with van der Waals surface area (Å²) in [6, 6.07) is 8.86. The summed E-state index contributed by atoms with van der Waals surface area (Å²) < 4.78 is 0. The van der Waals surface area contributed by atoms with E-state index in [1.165, 1.54) is 16.6 Å². The highest BCUT2D eigenvalue weighted by molar-refractivity contribution is 5.92. The second-order valence-corrected chi connectivity index (χ2v) is 6.42. The van der Waals surface area contributed by atoms with E-state index in [1.54, 1.807) is 0 Å². The van der Waals surface area contributed by atoms with Gasteiger partial charge in [0.25, 0.3) is 0 Å². The van der Waals surface area contributed by atoms with Crippen LogP contribution in [0.4, 0.5) is 5.69 Å². The minimum Gasteiger partial charge on any atom is -0.384 e. The molecular weight excluding hydrogens is 244 g/mol. The van der Waals surface area contributed by atoms with Gasteiger partial charge in [-0.2, -0.15) is 0 Å². The van der Waals surface area contributed by atoms with Gasteiger partial charge in [-0.15, -0.1) is 0 Å². The predicted molar refractivity (Wildman–Crippen MR) is 88.6 cm³/mol. The van der Waals surface area contributed by atoms with Gasteiger partial charge in [0.2, 0.25) is 0 Å². The van der Waals surface area contributed by atoms with Gasteiger partial charge in [0.05, 0.1) is 5.52 Å². The van der Waals surface area contributed by atoms with Crippen LogP contribution in [0.1, 0.15) is 52.3 Å². The molecule has 0 unspecified atom stereocenters. The number of nitrogens with zero attached hydrogens (tertiary/aromatic N) is 1. The molecule has 2 rings (SSSR count). The average molecular weight is 270 g/mol. The number of aryl methyl sites for hydroxylation is 1. The first kappa shape index (κ1) is 14.8. The Kier molecular flexibility index (Phi) is 4.32. The number of hydrogen-bond acceptors (Lipinski definition) is 2. The van der Waals surface area contributed by atoms with Crippen LogP contribution in [0.15, 0.2) is 24.3 Å². The second kappa shape index (κ2) is 5.82. The van der Waals surface area contributed by atoms with Gasteiger partial charge in [-0.25, -0.2) is 0 Å². The highest BCUT2D eigenvalue weighted by atomic mass is 14.9. The summed E-state index contributed by atoms with van der Waals surface area (Å²) in [7, 11) is 0. The van der Waals surface area contributed by atoms with Gasteiger partial charge in [0.1, 0.15) is 0 Å². The highest BCUT2D eigenvalue weighted by Gasteiger charge is 2.15. The third-order valence-electron chi connectivity index (χ3n) is 3.66. The van der Waals surface area contributed by atoms with E-state index in [9.17, 15) is 0 Å². The third-order valence-corrected chi connectivity index (χ3v) is 3.66. The lowest BCUT2D eigenvalue weighted by atomic mass is 9.86. The maximum absolute atomic E-state index is 4.75. The first-order valence-electron chi connectivity index (χ1n) is 7.63. The molecule has 0 fully saturated rings. The van der Waals surface area contributed by atoms with Crippen LogP contribution in [0.5, 0.6) is 0 Å². The lowest BCUT2D eigenvalue weighted by molar-refractivity contribution is 0.591. The molecule has 0 atom stereocenters. The van der Waals surface area contributed by atoms with Crippen LogP contribution in [0.2, 0.25) is 0 Å². The van der Waals surface area contributed by atoms with E-state index >= 15 is 0 Å². The number of anilines is 1. The normalized spacial score (nSPS) is 11.8. The Morgan fingerprint density at radius 1 is 1.10 bits per heavy atom. The molecule has 1 aromatic carbocycles. The monoisotopic (exact) mass is 270 g/mol. The quantitative estimate of drug-likeness (QED) is 0.853. The Hall–Kier alpha value is -1.57. The molecule has 0 radical (unpaired) electrons. The summed E-state index contributed by atoms with van der Waals surface area (Å²) in [4.78, 5) is 4.75. The smallest absolute Gasteiger partial charge is 0.0726 e. The Bertz CT molecular complexity index is 594. The Morgan fingerprint density at radius 2 is 1.85 bits per heavy atom. The van der Waals surface area contributed by atoms with Gasteiger partial charge < -0.3 is 5.32 Å². The van der Waals surface area contributed by atoms with Gasteiger partial charge in [0, 0.05) is 23.3 Å². The van der Waals surface area contributed by atoms with E-state index in [0.29, 0.717) is 0 Å². The van der Waals surface area contributed by atoms with Crippen LogP contribution in [0.25, 0.3) is 10.9 Å². The molecule has 1 heterocycles. The summed E-state index contributed by atoms with van der Waals surface area (Å²) in [5, 5.41) is 4.79. The van der Waals surface area contributed by atoms with Crippen LogP contribution in [0.3, 0.4) is 0 Å². The summed E-state index contributed by atoms with van der Waals surface area (Å²) >= 11 is 0. The van der Waals surface area contributed by atoms with Crippen molar-refractivity contribution in [2.75, 3.05) is 11.9 Å². The van der Waals surface area contributed by atoms with E-state index < -0.39 is 0 Å². The second-order valence-electron chi connectivity index (χ2n) is 6.42. The molecule has 0 aliphatic rings. The molecule has 2 aromatic rings. The van der Waals surface area contributed by atoms with Gasteiger partial charge in [0.15, 0.2) is 0 Å². The van der Waals surface area contributed by atoms with Crippen molar-refractivity contribution in [3.63, 3.8) is 0 Å². The molecule has 1 aromatic heterocycles. The topological polar surface area (TPSA) is 24.9 Å². The van der Waals surface area contributed by atoms with Gasteiger partial charge in [-0.05, 0) is 42.0 Å². The van der Waals surface area contributed by atoms with Crippen molar-refractivity contribution in [1.29, 1.82) is 0 Å². The molecule has 0 aliphatic heterocycles. The number of pyridine rings is 1. The third kappa shape index (κ3) is 3.12. The van der Waals surface area contributed by atoms with Gasteiger partial charge in [-0.1, -0.05) is 40.7 Å². The largest absolute Gasteiger partial charge is 0.384 e. The molecule has 1 N–H and O–H groups in total. The number of fused-ring (bicyclic) bond motifs is 1. The van der Waals surface area contributed by atoms with E-state index in [4.69, 9.17) is 4.98 Å². The van der Waals surface area contributed by atoms with Gasteiger partial charge in [-0.3, -0.25) is 4.98 Å². The number of rotatable bonds is 4. The van der Waals surface area contributed by atoms with Crippen molar-refractivity contribution < 1.29 is 0 Å². The van der Waals surface area contributed by atoms with Crippen molar-refractivity contribution >= 4 is 16.6 Å². The van der Waals surface area contributed by atoms with Crippen LogP contribution >= 0.6 is 0 Å². The van der Waals surface area contributed by atoms with Crippen LogP contribution in [0, 0.1) is 0 Å². The summed E-state index contributed by atoms with van der Waals surface area (Å²) in [6.45, 7) is 12.1. The molecule has 108 valence electrons. The molecule has 2 nitrogen and oxygen atoms in total. The molecule has 0 aliphatic carbocycles. The van der Waals surface area contributed by atoms with E-state index in [1.807, 2.05) is 0 Å². The lowest BCUT2D eigenvalue weighted by Crippen LogP contribution is -2.11.